The van der Waals surface area contributed by atoms with Gasteiger partial charge >= 0.3 is 5.97 Å². The predicted molar refractivity (Wildman–Crippen MR) is 98.3 cm³/mol. The van der Waals surface area contributed by atoms with Crippen LogP contribution in [0.1, 0.15) is 64.9 Å². The topological polar surface area (TPSA) is 65.0 Å². The quantitative estimate of drug-likeness (QED) is 0.508. The fourth-order valence-corrected chi connectivity index (χ4v) is 2.43. The van der Waals surface area contributed by atoms with Crippen LogP contribution in [-0.4, -0.2) is 37.0 Å². The molecule has 5 nitrogen and oxygen atoms in total. The number of carbonyl (C=O) groups is 1. The van der Waals surface area contributed by atoms with E-state index >= 15 is 0 Å². The Morgan fingerprint density at radius 3 is 2.52 bits per heavy atom. The zero-order valence-corrected chi connectivity index (χ0v) is 16.1. The molecule has 25 heavy (non-hydrogen) atoms. The second-order valence-electron chi connectivity index (χ2n) is 7.12. The summed E-state index contributed by atoms with van der Waals surface area (Å²) in [4.78, 5) is 11.9. The van der Waals surface area contributed by atoms with Crippen LogP contribution in [0.3, 0.4) is 0 Å². The number of ether oxygens (including phenoxy) is 3. The van der Waals surface area contributed by atoms with E-state index < -0.39 is 5.60 Å². The van der Waals surface area contributed by atoms with Crippen LogP contribution >= 0.6 is 0 Å². The van der Waals surface area contributed by atoms with Crippen LogP contribution in [0.5, 0.6) is 11.5 Å². The first-order valence-corrected chi connectivity index (χ1v) is 8.94. The maximum absolute atomic E-state index is 11.9. The Kier molecular flexibility index (Phi) is 8.76. The van der Waals surface area contributed by atoms with Gasteiger partial charge in [-0.3, -0.25) is 4.79 Å². The van der Waals surface area contributed by atoms with Gasteiger partial charge in [0.15, 0.2) is 11.5 Å². The number of hydrogen-bond acceptors (Lipinski definition) is 5. The van der Waals surface area contributed by atoms with Crippen LogP contribution in [0, 0.1) is 0 Å². The molecule has 1 aromatic carbocycles. The van der Waals surface area contributed by atoms with Crippen LogP contribution in [0.2, 0.25) is 0 Å². The van der Waals surface area contributed by atoms with Crippen LogP contribution in [0.15, 0.2) is 18.2 Å². The molecule has 1 aromatic rings. The highest BCUT2D eigenvalue weighted by molar-refractivity contribution is 5.69. The summed E-state index contributed by atoms with van der Waals surface area (Å²) in [6.07, 6.45) is 2.80. The van der Waals surface area contributed by atoms with Crippen molar-refractivity contribution in [3.8, 4) is 11.5 Å². The minimum atomic E-state index is -0.494. The molecule has 0 aliphatic carbocycles. The second kappa shape index (κ2) is 10.3. The third kappa shape index (κ3) is 7.78. The number of unbranched alkanes of at least 4 members (excludes halogenated alkanes) is 1. The van der Waals surface area contributed by atoms with Crippen molar-refractivity contribution >= 4 is 5.97 Å². The summed E-state index contributed by atoms with van der Waals surface area (Å²) < 4.78 is 16.5. The second-order valence-corrected chi connectivity index (χ2v) is 7.12. The van der Waals surface area contributed by atoms with Crippen molar-refractivity contribution in [1.82, 2.24) is 0 Å². The van der Waals surface area contributed by atoms with Gasteiger partial charge in [-0.1, -0.05) is 19.4 Å². The summed E-state index contributed by atoms with van der Waals surface area (Å²) in [7, 11) is 1.60. The molecule has 0 amide bonds. The molecular formula is C20H32O5. The fraction of sp³-hybridized carbons (Fsp3) is 0.650. The highest BCUT2D eigenvalue weighted by Crippen LogP contribution is 2.32. The van der Waals surface area contributed by atoms with Gasteiger partial charge < -0.3 is 19.3 Å². The average Bonchev–Trinajstić information content (AvgIpc) is 2.54. The Balaban J connectivity index is 2.77. The molecule has 5 heteroatoms. The van der Waals surface area contributed by atoms with Gasteiger partial charge in [-0.05, 0) is 51.3 Å². The van der Waals surface area contributed by atoms with E-state index in [0.29, 0.717) is 24.5 Å². The summed E-state index contributed by atoms with van der Waals surface area (Å²) in [5.74, 6) is 0.943. The molecule has 0 unspecified atom stereocenters. The Bertz CT molecular complexity index is 533. The molecule has 142 valence electrons. The largest absolute Gasteiger partial charge is 0.493 e. The molecule has 1 rings (SSSR count). The number of benzene rings is 1. The van der Waals surface area contributed by atoms with Gasteiger partial charge in [-0.25, -0.2) is 0 Å². The highest BCUT2D eigenvalue weighted by Gasteiger charge is 2.19. The standard InChI is InChI=1S/C20H32O5/c1-6-7-12-24-18-13-15(8-10-17(18)23-5)16(14-21)9-11-19(22)25-20(2,3)4/h8,10,13,16,21H,6-7,9,11-12,14H2,1-5H3/t16-/m1/s1. The summed E-state index contributed by atoms with van der Waals surface area (Å²) in [6.45, 7) is 8.23. The first-order valence-electron chi connectivity index (χ1n) is 8.94. The van der Waals surface area contributed by atoms with E-state index in [2.05, 4.69) is 6.92 Å². The van der Waals surface area contributed by atoms with Gasteiger partial charge in [0.25, 0.3) is 0 Å². The summed E-state index contributed by atoms with van der Waals surface area (Å²) in [6, 6.07) is 5.64. The fourth-order valence-electron chi connectivity index (χ4n) is 2.43. The zero-order chi connectivity index (χ0) is 18.9. The SMILES string of the molecule is CCCCOc1cc([C@@H](CO)CCC(=O)OC(C)(C)C)ccc1OC. The highest BCUT2D eigenvalue weighted by atomic mass is 16.6. The van der Waals surface area contributed by atoms with Gasteiger partial charge in [-0.15, -0.1) is 0 Å². The smallest absolute Gasteiger partial charge is 0.306 e. The minimum absolute atomic E-state index is 0.0382. The third-order valence-corrected chi connectivity index (χ3v) is 3.75. The van der Waals surface area contributed by atoms with E-state index in [1.54, 1.807) is 7.11 Å². The lowest BCUT2D eigenvalue weighted by molar-refractivity contribution is -0.155. The molecule has 0 spiro atoms. The van der Waals surface area contributed by atoms with E-state index in [4.69, 9.17) is 14.2 Å². The molecule has 0 bridgehead atoms. The zero-order valence-electron chi connectivity index (χ0n) is 16.1. The van der Waals surface area contributed by atoms with Crippen molar-refractivity contribution in [2.75, 3.05) is 20.3 Å². The minimum Gasteiger partial charge on any atom is -0.493 e. The lowest BCUT2D eigenvalue weighted by Gasteiger charge is -2.21. The van der Waals surface area contributed by atoms with Crippen LogP contribution < -0.4 is 9.47 Å². The molecule has 0 saturated carbocycles. The summed E-state index contributed by atoms with van der Waals surface area (Å²) in [5.41, 5.74) is 0.435. The van der Waals surface area contributed by atoms with Crippen LogP contribution in [0.25, 0.3) is 0 Å². The Morgan fingerprint density at radius 1 is 1.24 bits per heavy atom. The van der Waals surface area contributed by atoms with E-state index in [1.807, 2.05) is 39.0 Å². The number of carbonyl (C=O) groups excluding carboxylic acids is 1. The van der Waals surface area contributed by atoms with Crippen molar-refractivity contribution in [3.05, 3.63) is 23.8 Å². The van der Waals surface area contributed by atoms with E-state index in [1.165, 1.54) is 0 Å². The Labute approximate surface area is 151 Å². The van der Waals surface area contributed by atoms with Crippen LogP contribution in [0.4, 0.5) is 0 Å². The molecule has 0 radical (unpaired) electrons. The van der Waals surface area contributed by atoms with Gasteiger partial charge in [0.2, 0.25) is 0 Å². The predicted octanol–water partition coefficient (Wildman–Crippen LogP) is 4.07. The normalized spacial score (nSPS) is 12.6. The Hall–Kier alpha value is -1.75. The van der Waals surface area contributed by atoms with Gasteiger partial charge in [0.1, 0.15) is 5.60 Å². The molecular weight excluding hydrogens is 320 g/mol. The molecule has 1 N–H and O–H groups in total. The van der Waals surface area contributed by atoms with Crippen LogP contribution in [-0.2, 0) is 9.53 Å². The number of aliphatic hydroxyl groups excluding tert-OH is 1. The van der Waals surface area contributed by atoms with Gasteiger partial charge in [0.05, 0.1) is 13.7 Å². The van der Waals surface area contributed by atoms with Crippen molar-refractivity contribution in [2.24, 2.45) is 0 Å². The average molecular weight is 352 g/mol. The van der Waals surface area contributed by atoms with Gasteiger partial charge in [-0.2, -0.15) is 0 Å². The molecule has 0 aromatic heterocycles. The number of rotatable bonds is 10. The molecule has 1 atom stereocenters. The first-order chi connectivity index (χ1) is 11.8. The maximum atomic E-state index is 11.9. The number of methoxy groups -OCH3 is 1. The lowest BCUT2D eigenvalue weighted by atomic mass is 9.94. The van der Waals surface area contributed by atoms with Gasteiger partial charge in [0, 0.05) is 18.9 Å². The molecule has 0 saturated heterocycles. The first kappa shape index (κ1) is 21.3. The monoisotopic (exact) mass is 352 g/mol. The summed E-state index contributed by atoms with van der Waals surface area (Å²) >= 11 is 0. The number of hydrogen-bond donors (Lipinski definition) is 1. The van der Waals surface area contributed by atoms with Crippen molar-refractivity contribution in [2.45, 2.75) is 64.9 Å². The molecule has 0 fully saturated rings. The molecule has 0 aliphatic rings. The lowest BCUT2D eigenvalue weighted by Crippen LogP contribution is -2.24. The third-order valence-electron chi connectivity index (χ3n) is 3.75. The molecule has 0 aliphatic heterocycles. The van der Waals surface area contributed by atoms with E-state index in [-0.39, 0.29) is 24.9 Å². The number of aliphatic hydroxyl groups is 1. The van der Waals surface area contributed by atoms with E-state index in [9.17, 15) is 9.90 Å². The Morgan fingerprint density at radius 2 is 1.96 bits per heavy atom. The van der Waals surface area contributed by atoms with Crippen molar-refractivity contribution < 1.29 is 24.1 Å². The number of esters is 1. The van der Waals surface area contributed by atoms with Crippen molar-refractivity contribution in [3.63, 3.8) is 0 Å². The van der Waals surface area contributed by atoms with E-state index in [0.717, 1.165) is 18.4 Å². The maximum Gasteiger partial charge on any atom is 0.306 e. The van der Waals surface area contributed by atoms with Crippen molar-refractivity contribution in [1.29, 1.82) is 0 Å². The summed E-state index contributed by atoms with van der Waals surface area (Å²) in [5, 5.41) is 9.73. The molecule has 0 heterocycles.